The third-order valence-electron chi connectivity index (χ3n) is 7.10. The largest absolute Gasteiger partial charge is 0.309 e. The van der Waals surface area contributed by atoms with Crippen LogP contribution in [0.25, 0.3) is 61.1 Å². The predicted octanol–water partition coefficient (Wildman–Crippen LogP) is 8.88. The van der Waals surface area contributed by atoms with Crippen LogP contribution in [0.5, 0.6) is 0 Å². The molecular formula is C35H25N3. The minimum Gasteiger partial charge on any atom is -0.309 e. The van der Waals surface area contributed by atoms with Crippen molar-refractivity contribution in [1.29, 1.82) is 0 Å². The summed E-state index contributed by atoms with van der Waals surface area (Å²) >= 11 is 0. The van der Waals surface area contributed by atoms with Crippen LogP contribution in [-0.2, 0) is 0 Å². The lowest BCUT2D eigenvalue weighted by atomic mass is 10.0. The monoisotopic (exact) mass is 487 g/mol. The zero-order valence-corrected chi connectivity index (χ0v) is 21.0. The molecule has 0 aliphatic rings. The predicted molar refractivity (Wildman–Crippen MR) is 157 cm³/mol. The first-order chi connectivity index (χ1) is 18.7. The van der Waals surface area contributed by atoms with Gasteiger partial charge in [0.2, 0.25) is 0 Å². The highest BCUT2D eigenvalue weighted by atomic mass is 15.0. The second-order valence-corrected chi connectivity index (χ2v) is 9.55. The normalized spacial score (nSPS) is 11.3. The Kier molecular flexibility index (Phi) is 5.33. The van der Waals surface area contributed by atoms with Gasteiger partial charge in [0.15, 0.2) is 0 Å². The van der Waals surface area contributed by atoms with Gasteiger partial charge >= 0.3 is 0 Å². The van der Waals surface area contributed by atoms with Crippen LogP contribution in [0.2, 0.25) is 0 Å². The maximum atomic E-state index is 4.76. The Bertz CT molecular complexity index is 1860. The van der Waals surface area contributed by atoms with E-state index in [0.29, 0.717) is 0 Å². The highest BCUT2D eigenvalue weighted by Crippen LogP contribution is 2.33. The number of fused-ring (bicyclic) bond motifs is 3. The molecule has 0 aliphatic heterocycles. The lowest BCUT2D eigenvalue weighted by Crippen LogP contribution is -1.95. The minimum atomic E-state index is 0.766. The van der Waals surface area contributed by atoms with Crippen LogP contribution in [0.15, 0.2) is 133 Å². The Labute approximate surface area is 221 Å². The first-order valence-electron chi connectivity index (χ1n) is 12.9. The molecule has 0 spiro atoms. The molecule has 3 nitrogen and oxygen atoms in total. The van der Waals surface area contributed by atoms with Gasteiger partial charge in [-0.2, -0.15) is 0 Å². The van der Waals surface area contributed by atoms with Gasteiger partial charge in [-0.1, -0.05) is 97.1 Å². The molecule has 7 aromatic rings. The van der Waals surface area contributed by atoms with Crippen LogP contribution in [0, 0.1) is 6.92 Å². The van der Waals surface area contributed by atoms with Gasteiger partial charge in [0, 0.05) is 27.6 Å². The van der Waals surface area contributed by atoms with E-state index in [1.807, 2.05) is 25.1 Å². The van der Waals surface area contributed by atoms with E-state index in [-0.39, 0.29) is 0 Å². The lowest BCUT2D eigenvalue weighted by molar-refractivity contribution is 1.06. The summed E-state index contributed by atoms with van der Waals surface area (Å²) < 4.78 is 2.35. The number of nitrogens with zero attached hydrogens (tertiary/aromatic N) is 3. The maximum Gasteiger partial charge on any atom is 0.126 e. The molecule has 0 N–H and O–H groups in total. The molecule has 3 heteroatoms. The van der Waals surface area contributed by atoms with Crippen LogP contribution in [0.3, 0.4) is 0 Å². The standard InChI is InChI=1S/C35H25N3/c1-24-36-32(26-10-3-2-4-11-26)23-33(37-24)28-13-9-12-27(22-28)25-18-20-29(21-19-25)38-34-16-7-5-14-30(34)31-15-6-8-17-35(31)38/h2-23H,1H3. The number of rotatable bonds is 4. The number of hydrogen-bond acceptors (Lipinski definition) is 2. The summed E-state index contributed by atoms with van der Waals surface area (Å²) in [6, 6.07) is 47.0. The van der Waals surface area contributed by atoms with Gasteiger partial charge in [0.25, 0.3) is 0 Å². The molecule has 0 bridgehead atoms. The topological polar surface area (TPSA) is 30.7 Å². The van der Waals surface area contributed by atoms with E-state index >= 15 is 0 Å². The van der Waals surface area contributed by atoms with E-state index in [1.54, 1.807) is 0 Å². The van der Waals surface area contributed by atoms with Crippen molar-refractivity contribution >= 4 is 21.8 Å². The summed E-state index contributed by atoms with van der Waals surface area (Å²) in [5.41, 5.74) is 9.97. The number of aryl methyl sites for hydroxylation is 1. The molecule has 0 amide bonds. The van der Waals surface area contributed by atoms with Crippen LogP contribution in [-0.4, -0.2) is 14.5 Å². The second kappa shape index (κ2) is 9.13. The number of para-hydroxylation sites is 2. The zero-order chi connectivity index (χ0) is 25.5. The highest BCUT2D eigenvalue weighted by Gasteiger charge is 2.12. The number of benzene rings is 5. The Morgan fingerprint density at radius 1 is 0.447 bits per heavy atom. The fourth-order valence-corrected chi connectivity index (χ4v) is 5.33. The lowest BCUT2D eigenvalue weighted by Gasteiger charge is -2.11. The number of aromatic nitrogens is 3. The van der Waals surface area contributed by atoms with Gasteiger partial charge in [-0.15, -0.1) is 0 Å². The Morgan fingerprint density at radius 3 is 1.68 bits per heavy atom. The summed E-state index contributed by atoms with van der Waals surface area (Å²) in [5, 5.41) is 2.55. The fraction of sp³-hybridized carbons (Fsp3) is 0.0286. The summed E-state index contributed by atoms with van der Waals surface area (Å²) in [6.45, 7) is 1.95. The Hall–Kier alpha value is -5.02. The number of hydrogen-bond donors (Lipinski definition) is 0. The summed E-state index contributed by atoms with van der Waals surface area (Å²) in [6.07, 6.45) is 0. The van der Waals surface area contributed by atoms with Crippen molar-refractivity contribution in [3.8, 4) is 39.3 Å². The summed E-state index contributed by atoms with van der Waals surface area (Å²) in [4.78, 5) is 9.43. The van der Waals surface area contributed by atoms with E-state index in [4.69, 9.17) is 4.98 Å². The van der Waals surface area contributed by atoms with Crippen molar-refractivity contribution in [2.75, 3.05) is 0 Å². The van der Waals surface area contributed by atoms with E-state index in [9.17, 15) is 0 Å². The molecule has 2 aromatic heterocycles. The minimum absolute atomic E-state index is 0.766. The fourth-order valence-electron chi connectivity index (χ4n) is 5.33. The zero-order valence-electron chi connectivity index (χ0n) is 21.0. The molecule has 0 fully saturated rings. The first kappa shape index (κ1) is 22.2. The Morgan fingerprint density at radius 2 is 1.00 bits per heavy atom. The summed E-state index contributed by atoms with van der Waals surface area (Å²) in [7, 11) is 0. The van der Waals surface area contributed by atoms with E-state index in [1.165, 1.54) is 27.4 Å². The van der Waals surface area contributed by atoms with E-state index in [0.717, 1.165) is 39.6 Å². The molecule has 5 aromatic carbocycles. The smallest absolute Gasteiger partial charge is 0.126 e. The third kappa shape index (κ3) is 3.86. The maximum absolute atomic E-state index is 4.76. The quantitative estimate of drug-likeness (QED) is 0.248. The van der Waals surface area contributed by atoms with Crippen LogP contribution in [0.1, 0.15) is 5.82 Å². The highest BCUT2D eigenvalue weighted by molar-refractivity contribution is 6.09. The molecule has 180 valence electrons. The molecule has 0 unspecified atom stereocenters. The van der Waals surface area contributed by atoms with Crippen LogP contribution < -0.4 is 0 Å². The summed E-state index contributed by atoms with van der Waals surface area (Å²) in [5.74, 6) is 0.766. The SMILES string of the molecule is Cc1nc(-c2ccccc2)cc(-c2cccc(-c3ccc(-n4c5ccccc5c5ccccc54)cc3)c2)n1. The van der Waals surface area contributed by atoms with Crippen LogP contribution >= 0.6 is 0 Å². The van der Waals surface area contributed by atoms with Crippen molar-refractivity contribution in [2.45, 2.75) is 6.92 Å². The molecular weight excluding hydrogens is 462 g/mol. The molecule has 0 aliphatic carbocycles. The van der Waals surface area contributed by atoms with E-state index in [2.05, 4.69) is 125 Å². The first-order valence-corrected chi connectivity index (χ1v) is 12.9. The van der Waals surface area contributed by atoms with Gasteiger partial charge < -0.3 is 4.57 Å². The van der Waals surface area contributed by atoms with Crippen LogP contribution in [0.4, 0.5) is 0 Å². The molecule has 2 heterocycles. The van der Waals surface area contributed by atoms with Crippen molar-refractivity contribution in [3.63, 3.8) is 0 Å². The van der Waals surface area contributed by atoms with Gasteiger partial charge in [-0.3, -0.25) is 0 Å². The Balaban J connectivity index is 1.27. The average molecular weight is 488 g/mol. The van der Waals surface area contributed by atoms with Gasteiger partial charge in [-0.25, -0.2) is 9.97 Å². The molecule has 0 radical (unpaired) electrons. The van der Waals surface area contributed by atoms with Crippen molar-refractivity contribution in [2.24, 2.45) is 0 Å². The van der Waals surface area contributed by atoms with Gasteiger partial charge in [0.05, 0.1) is 22.4 Å². The average Bonchev–Trinajstić information content (AvgIpc) is 3.32. The molecule has 7 rings (SSSR count). The second-order valence-electron chi connectivity index (χ2n) is 9.55. The molecule has 38 heavy (non-hydrogen) atoms. The van der Waals surface area contributed by atoms with Gasteiger partial charge in [0.1, 0.15) is 5.82 Å². The molecule has 0 atom stereocenters. The molecule has 0 saturated heterocycles. The van der Waals surface area contributed by atoms with Crippen molar-refractivity contribution in [3.05, 3.63) is 139 Å². The van der Waals surface area contributed by atoms with Crippen molar-refractivity contribution in [1.82, 2.24) is 14.5 Å². The van der Waals surface area contributed by atoms with E-state index < -0.39 is 0 Å². The third-order valence-corrected chi connectivity index (χ3v) is 7.10. The molecule has 0 saturated carbocycles. The van der Waals surface area contributed by atoms with Crippen molar-refractivity contribution < 1.29 is 0 Å². The van der Waals surface area contributed by atoms with Gasteiger partial charge in [-0.05, 0) is 54.4 Å².